The number of guanidine groups is 2. The van der Waals surface area contributed by atoms with Crippen LogP contribution in [0.4, 0.5) is 0 Å². The monoisotopic (exact) mass is 554 g/mol. The summed E-state index contributed by atoms with van der Waals surface area (Å²) >= 11 is 0.733. The van der Waals surface area contributed by atoms with Crippen LogP contribution >= 0.6 is 0 Å². The Morgan fingerprint density at radius 3 is 1.00 bits per heavy atom. The van der Waals surface area contributed by atoms with Crippen molar-refractivity contribution in [1.29, 1.82) is 26.3 Å². The molecule has 0 spiro atoms. The molecule has 16 N–H and O–H groups in total. The summed E-state index contributed by atoms with van der Waals surface area (Å²) in [6, 6.07) is 0. The third-order valence-electron chi connectivity index (χ3n) is 0.929. The molecule has 22 heteroatoms. The first-order valence-corrected chi connectivity index (χ1v) is 8.02. The molecule has 0 saturated carbocycles. The molecule has 20 nitrogen and oxygen atoms in total. The third kappa shape index (κ3) is 1150. The minimum atomic E-state index is -0.197. The predicted molar refractivity (Wildman–Crippen MR) is 121 cm³/mol. The molecule has 0 radical (unpaired) electrons. The van der Waals surface area contributed by atoms with E-state index in [1.165, 1.54) is 37.6 Å². The number of nitrogens with two attached hydrogens (primary N) is 6. The zero-order valence-electron chi connectivity index (χ0n) is 19.0. The quantitative estimate of drug-likeness (QED) is 0.0401. The minimum absolute atomic E-state index is 0. The van der Waals surface area contributed by atoms with Crippen LogP contribution in [0.2, 0.25) is 0 Å². The molecule has 0 amide bonds. The fourth-order valence-electron chi connectivity index (χ4n) is 0.115. The minimum Gasteiger partial charge on any atom is -0.870 e. The topological polar surface area (TPSA) is 445 Å². The van der Waals surface area contributed by atoms with Crippen molar-refractivity contribution in [2.75, 3.05) is 0 Å². The van der Waals surface area contributed by atoms with Crippen LogP contribution in [0.15, 0.2) is 11.4 Å². The van der Waals surface area contributed by atoms with Crippen LogP contribution in [0, 0.1) is 57.3 Å². The Bertz CT molecular complexity index is 646. The second-order valence-corrected chi connectivity index (χ2v) is 3.46. The maximum Gasteiger partial charge on any atom is 2.00 e. The number of nitrogens with zero attached hydrogens (tertiary/aromatic N) is 8. The molecule has 35 heavy (non-hydrogen) atoms. The summed E-state index contributed by atoms with van der Waals surface area (Å²) in [6.45, 7) is 4.86. The summed E-state index contributed by atoms with van der Waals surface area (Å²) in [5.74, 6) is -0.394. The number of aliphatic imine (C=N–C) groups is 2. The van der Waals surface area contributed by atoms with Gasteiger partial charge in [0.1, 0.15) is 0 Å². The number of rotatable bonds is 1. The first-order valence-electron chi connectivity index (χ1n) is 7.03. The van der Waals surface area contributed by atoms with Crippen LogP contribution < -0.4 is 34.4 Å². The standard InChI is InChI=1S/C4H10.2C2H4N4.2CH2N2.CN2.CHO2.CO2.2Ca.2H2O/c1-3-4-2;2*3-1-6-2(4)5;5*2-1-3;;;;/h3-4H2,1-2H3;2*(H4,4,5,6);2*2H2;;(H,2,3);;;;2*1H2/q;;;;;;-1;;;+2;;/p-1. The molecule has 0 fully saturated rings. The molecular formula is C13H26Ca2N14O6. The average molecular weight is 555 g/mol. The number of unbranched alkanes of at least 4 members (excludes halogenated alkanes) is 1. The van der Waals surface area contributed by atoms with Crippen LogP contribution in [0.25, 0.3) is 0 Å². The van der Waals surface area contributed by atoms with Gasteiger partial charge in [0.25, 0.3) is 0 Å². The number of hydrogen-bond acceptors (Lipinski definition) is 14. The molecule has 0 aromatic carbocycles. The molecule has 0 aliphatic heterocycles. The second kappa shape index (κ2) is 125. The fraction of sp³-hybridized carbons (Fsp3) is 0.308. The molecule has 0 aromatic rings. The van der Waals surface area contributed by atoms with Gasteiger partial charge in [-0.15, -0.1) is 9.98 Å². The molecule has 188 valence electrons. The van der Waals surface area contributed by atoms with Gasteiger partial charge in [-0.05, 0) is 0 Å². The zero-order chi connectivity index (χ0) is 27.6. The molecule has 0 saturated heterocycles. The van der Waals surface area contributed by atoms with E-state index in [-0.39, 0.29) is 66.8 Å². The first-order chi connectivity index (χ1) is 15.0. The van der Waals surface area contributed by atoms with Crippen LogP contribution in [0.1, 0.15) is 26.7 Å². The van der Waals surface area contributed by atoms with Crippen molar-refractivity contribution in [2.45, 2.75) is 26.7 Å². The van der Waals surface area contributed by atoms with Crippen molar-refractivity contribution in [1.82, 2.24) is 0 Å². The molecule has 0 bridgehead atoms. The Hall–Kier alpha value is -3.32. The number of hydrogen-bond donors (Lipinski definition) is 7. The van der Waals surface area contributed by atoms with Crippen molar-refractivity contribution >= 4 is 98.0 Å². The number of carbonyl (C=O) groups excluding carboxylic acids is 2. The maximum absolute atomic E-state index is 8.24. The van der Waals surface area contributed by atoms with E-state index in [0.29, 0.717) is 6.47 Å². The SMILES string of the molecule is CCCC.N#CN.N#CN.N#CN=C(N)N.N#CN=C(N)N.N#C[N]=[Ca].O.O=C=O.O=[C-]O.[Ca+2].[OH-]. The van der Waals surface area contributed by atoms with Gasteiger partial charge in [0.05, 0.1) is 0 Å². The molecular weight excluding hydrogens is 528 g/mol. The van der Waals surface area contributed by atoms with Crippen molar-refractivity contribution in [3.63, 3.8) is 0 Å². The van der Waals surface area contributed by atoms with Gasteiger partial charge >= 0.3 is 92.4 Å². The second-order valence-electron chi connectivity index (χ2n) is 2.96. The summed E-state index contributed by atoms with van der Waals surface area (Å²) in [6.07, 6.45) is 9.81. The van der Waals surface area contributed by atoms with Gasteiger partial charge in [-0.25, -0.2) is 0 Å². The van der Waals surface area contributed by atoms with Gasteiger partial charge in [-0.2, -0.15) is 30.6 Å². The summed E-state index contributed by atoms with van der Waals surface area (Å²) in [5.41, 5.74) is 27.1. The smallest absolute Gasteiger partial charge is 0.870 e. The van der Waals surface area contributed by atoms with E-state index >= 15 is 0 Å². The molecule has 0 rings (SSSR count). The largest absolute Gasteiger partial charge is 2.00 e. The zero-order valence-corrected chi connectivity index (χ0v) is 23.4. The van der Waals surface area contributed by atoms with Gasteiger partial charge in [-0.1, -0.05) is 33.2 Å². The van der Waals surface area contributed by atoms with Crippen LogP contribution in [0.3, 0.4) is 0 Å². The molecule has 0 unspecified atom stereocenters. The van der Waals surface area contributed by atoms with E-state index in [2.05, 4.69) is 36.7 Å². The van der Waals surface area contributed by atoms with Crippen LogP contribution in [0.5, 0.6) is 0 Å². The van der Waals surface area contributed by atoms with Gasteiger partial charge in [0.2, 0.25) is 24.3 Å². The van der Waals surface area contributed by atoms with E-state index in [1.807, 2.05) is 0 Å². The predicted octanol–water partition coefficient (Wildman–Crippen LogP) is -4.39. The van der Waals surface area contributed by atoms with Crippen LogP contribution in [-0.4, -0.2) is 114 Å². The average Bonchev–Trinajstić information content (AvgIpc) is 2.71. The van der Waals surface area contributed by atoms with E-state index < -0.39 is 0 Å². The van der Waals surface area contributed by atoms with E-state index in [1.54, 1.807) is 6.19 Å². The summed E-state index contributed by atoms with van der Waals surface area (Å²) in [5, 5.41) is 43.7. The molecule has 0 aliphatic rings. The molecule has 0 atom stereocenters. The summed E-state index contributed by atoms with van der Waals surface area (Å²) < 4.78 is 3.17. The Kier molecular flexibility index (Phi) is 250. The van der Waals surface area contributed by atoms with Gasteiger partial charge in [-0.3, -0.25) is 0 Å². The number of nitriles is 5. The Labute approximate surface area is 255 Å². The van der Waals surface area contributed by atoms with Crippen molar-refractivity contribution in [2.24, 2.45) is 45.8 Å². The normalized spacial score (nSPS) is 4.31. The maximum atomic E-state index is 8.24. The fourth-order valence-corrected chi connectivity index (χ4v) is 0.115. The first kappa shape index (κ1) is 69.7. The molecule has 0 heterocycles. The Balaban J connectivity index is -0.0000000210. The van der Waals surface area contributed by atoms with Gasteiger partial charge in [0, 0.05) is 0 Å². The Morgan fingerprint density at radius 1 is 0.857 bits per heavy atom. The van der Waals surface area contributed by atoms with Crippen molar-refractivity contribution in [3.8, 4) is 31.0 Å². The number of aliphatic hydroxyl groups excluding tert-OH is 1. The van der Waals surface area contributed by atoms with E-state index in [4.69, 9.17) is 68.7 Å². The van der Waals surface area contributed by atoms with Crippen molar-refractivity contribution < 1.29 is 30.4 Å². The van der Waals surface area contributed by atoms with Crippen molar-refractivity contribution in [3.05, 3.63) is 0 Å². The molecule has 0 aliphatic carbocycles. The van der Waals surface area contributed by atoms with E-state index in [9.17, 15) is 0 Å². The van der Waals surface area contributed by atoms with Gasteiger partial charge < -0.3 is 55.3 Å². The van der Waals surface area contributed by atoms with Crippen LogP contribution in [-0.2, 0) is 14.4 Å². The Morgan fingerprint density at radius 2 is 1.00 bits per heavy atom. The van der Waals surface area contributed by atoms with Gasteiger partial charge in [0.15, 0.2) is 12.4 Å². The summed E-state index contributed by atoms with van der Waals surface area (Å²) in [4.78, 5) is 30.3. The summed E-state index contributed by atoms with van der Waals surface area (Å²) in [7, 11) is 0. The third-order valence-corrected chi connectivity index (χ3v) is 1.15. The van der Waals surface area contributed by atoms with E-state index in [0.717, 1.165) is 35.7 Å². The molecule has 0 aromatic heterocycles.